The van der Waals surface area contributed by atoms with E-state index in [1.165, 1.54) is 24.3 Å². The number of isothiocyanates is 1. The number of benzene rings is 2. The Balaban J connectivity index is 1.72. The zero-order chi connectivity index (χ0) is 25.1. The van der Waals surface area contributed by atoms with E-state index in [9.17, 15) is 18.0 Å². The van der Waals surface area contributed by atoms with Gasteiger partial charge in [0.15, 0.2) is 0 Å². The van der Waals surface area contributed by atoms with Crippen LogP contribution in [0.4, 0.5) is 23.7 Å². The second-order valence-corrected chi connectivity index (χ2v) is 9.45. The molecule has 1 fully saturated rings. The van der Waals surface area contributed by atoms with Crippen molar-refractivity contribution in [3.05, 3.63) is 47.0 Å². The zero-order valence-corrected chi connectivity index (χ0v) is 20.5. The lowest BCUT2D eigenvalue weighted by Crippen LogP contribution is -2.44. The van der Waals surface area contributed by atoms with Gasteiger partial charge in [-0.15, -0.1) is 0 Å². The number of nitrogens with zero attached hydrogens (tertiary/aromatic N) is 2. The van der Waals surface area contributed by atoms with E-state index < -0.39 is 17.3 Å². The van der Waals surface area contributed by atoms with Crippen molar-refractivity contribution in [3.63, 3.8) is 0 Å². The van der Waals surface area contributed by atoms with Crippen LogP contribution in [0.15, 0.2) is 41.4 Å². The third-order valence-corrected chi connectivity index (χ3v) is 5.51. The van der Waals surface area contributed by atoms with Gasteiger partial charge in [-0.2, -0.15) is 18.2 Å². The van der Waals surface area contributed by atoms with Crippen molar-refractivity contribution in [3.8, 4) is 16.9 Å². The van der Waals surface area contributed by atoms with Crippen LogP contribution in [-0.2, 0) is 10.9 Å². The van der Waals surface area contributed by atoms with Crippen LogP contribution in [-0.4, -0.2) is 40.9 Å². The number of halogens is 4. The molecule has 0 saturated carbocycles. The van der Waals surface area contributed by atoms with Gasteiger partial charge in [0.1, 0.15) is 17.5 Å². The number of rotatable bonds is 4. The first-order valence-electron chi connectivity index (χ1n) is 10.6. The molecule has 0 unspecified atom stereocenters. The van der Waals surface area contributed by atoms with E-state index in [0.29, 0.717) is 31.7 Å². The Labute approximate surface area is 206 Å². The number of hydrogen-bond donors (Lipinski definition) is 0. The Morgan fingerprint density at radius 1 is 1.12 bits per heavy atom. The van der Waals surface area contributed by atoms with Crippen LogP contribution < -0.4 is 4.74 Å². The number of amides is 1. The fourth-order valence-corrected chi connectivity index (χ4v) is 3.96. The monoisotopic (exact) mass is 512 g/mol. The van der Waals surface area contributed by atoms with Crippen LogP contribution in [0.1, 0.15) is 39.2 Å². The van der Waals surface area contributed by atoms with Crippen LogP contribution in [0.25, 0.3) is 11.1 Å². The predicted octanol–water partition coefficient (Wildman–Crippen LogP) is 7.54. The molecule has 0 aliphatic carbocycles. The Hall–Kier alpha value is -2.61. The molecule has 1 amide bonds. The van der Waals surface area contributed by atoms with E-state index >= 15 is 0 Å². The summed E-state index contributed by atoms with van der Waals surface area (Å²) in [6, 6.07) is 8.23. The van der Waals surface area contributed by atoms with Gasteiger partial charge >= 0.3 is 12.3 Å². The standard InChI is InChI=1S/C24H24ClF3N2O3S/c1-23(2,3)33-22(31)30-10-8-16(9-11-30)32-17-5-7-19(21(25)13-17)18-6-4-15(29-14-34)12-20(18)24(26,27)28/h4-7,12-13,16H,8-11H2,1-3H3. The second kappa shape index (κ2) is 10.3. The lowest BCUT2D eigenvalue weighted by Gasteiger charge is -2.33. The highest BCUT2D eigenvalue weighted by atomic mass is 35.5. The summed E-state index contributed by atoms with van der Waals surface area (Å²) in [4.78, 5) is 17.5. The van der Waals surface area contributed by atoms with Crippen molar-refractivity contribution < 1.29 is 27.4 Å². The van der Waals surface area contributed by atoms with Gasteiger partial charge in [-0.3, -0.25) is 0 Å². The van der Waals surface area contributed by atoms with Gasteiger partial charge < -0.3 is 14.4 Å². The SMILES string of the molecule is CC(C)(C)OC(=O)N1CCC(Oc2ccc(-c3ccc(N=C=S)cc3C(F)(F)F)c(Cl)c2)CC1. The average molecular weight is 513 g/mol. The molecule has 2 aromatic carbocycles. The maximum Gasteiger partial charge on any atom is 0.417 e. The Morgan fingerprint density at radius 2 is 1.76 bits per heavy atom. The maximum absolute atomic E-state index is 13.7. The number of aliphatic imine (C=N–C) groups is 1. The molecule has 182 valence electrons. The van der Waals surface area contributed by atoms with E-state index in [2.05, 4.69) is 22.4 Å². The molecule has 0 bridgehead atoms. The normalized spacial score (nSPS) is 15.0. The van der Waals surface area contributed by atoms with Gasteiger partial charge in [0.2, 0.25) is 0 Å². The zero-order valence-electron chi connectivity index (χ0n) is 18.9. The Morgan fingerprint density at radius 3 is 2.32 bits per heavy atom. The Bertz CT molecular complexity index is 1100. The van der Waals surface area contributed by atoms with Crippen LogP contribution >= 0.6 is 23.8 Å². The fourth-order valence-electron chi connectivity index (χ4n) is 3.59. The molecule has 1 aliphatic heterocycles. The molecular weight excluding hydrogens is 489 g/mol. The van der Waals surface area contributed by atoms with Gasteiger partial charge in [0.05, 0.1) is 21.4 Å². The molecule has 3 rings (SSSR count). The summed E-state index contributed by atoms with van der Waals surface area (Å²) in [7, 11) is 0. The van der Waals surface area contributed by atoms with Gasteiger partial charge in [-0.25, -0.2) is 4.79 Å². The quantitative estimate of drug-likeness (QED) is 0.313. The summed E-state index contributed by atoms with van der Waals surface area (Å²) >= 11 is 10.8. The minimum Gasteiger partial charge on any atom is -0.490 e. The molecule has 0 spiro atoms. The van der Waals surface area contributed by atoms with Crippen LogP contribution in [0.5, 0.6) is 5.75 Å². The molecule has 34 heavy (non-hydrogen) atoms. The molecule has 1 heterocycles. The van der Waals surface area contributed by atoms with Crippen molar-refractivity contribution in [2.24, 2.45) is 4.99 Å². The molecule has 0 atom stereocenters. The van der Waals surface area contributed by atoms with E-state index in [1.807, 2.05) is 20.8 Å². The second-order valence-electron chi connectivity index (χ2n) is 8.86. The van der Waals surface area contributed by atoms with Crippen LogP contribution in [0.3, 0.4) is 0 Å². The smallest absolute Gasteiger partial charge is 0.417 e. The highest BCUT2D eigenvalue weighted by Crippen LogP contribution is 2.42. The van der Waals surface area contributed by atoms with Gasteiger partial charge in [-0.1, -0.05) is 17.7 Å². The summed E-state index contributed by atoms with van der Waals surface area (Å²) < 4.78 is 52.4. The number of carbonyl (C=O) groups excluding carboxylic acids is 1. The molecule has 1 aliphatic rings. The van der Waals surface area contributed by atoms with Crippen molar-refractivity contribution >= 4 is 40.8 Å². The van der Waals surface area contributed by atoms with Gasteiger partial charge in [-0.05, 0) is 68.9 Å². The van der Waals surface area contributed by atoms with Gasteiger partial charge in [0.25, 0.3) is 0 Å². The summed E-state index contributed by atoms with van der Waals surface area (Å²) in [5.74, 6) is 0.444. The van der Waals surface area contributed by atoms with E-state index in [-0.39, 0.29) is 34.0 Å². The van der Waals surface area contributed by atoms with Gasteiger partial charge in [0, 0.05) is 31.5 Å². The number of piperidine rings is 1. The van der Waals surface area contributed by atoms with Crippen molar-refractivity contribution in [1.82, 2.24) is 4.90 Å². The lowest BCUT2D eigenvalue weighted by atomic mass is 9.98. The highest BCUT2D eigenvalue weighted by Gasteiger charge is 2.34. The largest absolute Gasteiger partial charge is 0.490 e. The first-order valence-corrected chi connectivity index (χ1v) is 11.4. The molecule has 0 aromatic heterocycles. The molecule has 5 nitrogen and oxygen atoms in total. The Kier molecular flexibility index (Phi) is 7.91. The van der Waals surface area contributed by atoms with Crippen LogP contribution in [0, 0.1) is 0 Å². The summed E-state index contributed by atoms with van der Waals surface area (Å²) in [5.41, 5.74) is -1.23. The van der Waals surface area contributed by atoms with Crippen molar-refractivity contribution in [1.29, 1.82) is 0 Å². The predicted molar refractivity (Wildman–Crippen MR) is 128 cm³/mol. The van der Waals surface area contributed by atoms with Crippen LogP contribution in [0.2, 0.25) is 5.02 Å². The minimum absolute atomic E-state index is 0.0554. The van der Waals surface area contributed by atoms with E-state index in [0.717, 1.165) is 6.07 Å². The first kappa shape index (κ1) is 26.0. The summed E-state index contributed by atoms with van der Waals surface area (Å²) in [5, 5.41) is 2.19. The number of alkyl halides is 3. The number of ether oxygens (including phenoxy) is 2. The topological polar surface area (TPSA) is 51.1 Å². The summed E-state index contributed by atoms with van der Waals surface area (Å²) in [6.45, 7) is 6.41. The summed E-state index contributed by atoms with van der Waals surface area (Å²) in [6.07, 6.45) is -3.93. The maximum atomic E-state index is 13.7. The number of thiocarbonyl (C=S) groups is 1. The average Bonchev–Trinajstić information content (AvgIpc) is 2.73. The highest BCUT2D eigenvalue weighted by molar-refractivity contribution is 7.78. The van der Waals surface area contributed by atoms with E-state index in [1.54, 1.807) is 11.0 Å². The number of carbonyl (C=O) groups is 1. The minimum atomic E-state index is -4.61. The number of likely N-dealkylation sites (tertiary alicyclic amines) is 1. The molecular formula is C24H24ClF3N2O3S. The molecule has 0 radical (unpaired) electrons. The third kappa shape index (κ3) is 6.72. The fraction of sp³-hybridized carbons (Fsp3) is 0.417. The molecule has 0 N–H and O–H groups in total. The molecule has 10 heteroatoms. The molecule has 1 saturated heterocycles. The molecule has 2 aromatic rings. The van der Waals surface area contributed by atoms with Crippen molar-refractivity contribution in [2.45, 2.75) is 51.5 Å². The third-order valence-electron chi connectivity index (χ3n) is 5.11. The van der Waals surface area contributed by atoms with E-state index in [4.69, 9.17) is 21.1 Å². The lowest BCUT2D eigenvalue weighted by molar-refractivity contribution is -0.137. The number of hydrogen-bond acceptors (Lipinski definition) is 5. The first-order chi connectivity index (χ1) is 15.9. The van der Waals surface area contributed by atoms with Crippen molar-refractivity contribution in [2.75, 3.05) is 13.1 Å².